The molecule has 0 bridgehead atoms. The summed E-state index contributed by atoms with van der Waals surface area (Å²) < 4.78 is 0. The van der Waals surface area contributed by atoms with E-state index >= 15 is 0 Å². The molecule has 82 valence electrons. The Kier molecular flexibility index (Phi) is 2.09. The number of aryl methyl sites for hydroxylation is 1. The predicted molar refractivity (Wildman–Crippen MR) is 59.7 cm³/mol. The molecule has 15 heavy (non-hydrogen) atoms. The topological polar surface area (TPSA) is 54.7 Å². The minimum atomic E-state index is 0.417. The molecule has 2 aliphatic rings. The van der Waals surface area contributed by atoms with Gasteiger partial charge >= 0.3 is 0 Å². The zero-order valence-electron chi connectivity index (χ0n) is 9.18. The van der Waals surface area contributed by atoms with Crippen LogP contribution in [0.1, 0.15) is 42.6 Å². The molecule has 0 atom stereocenters. The van der Waals surface area contributed by atoms with Gasteiger partial charge in [-0.1, -0.05) is 0 Å². The highest BCUT2D eigenvalue weighted by molar-refractivity contribution is 5.29. The summed E-state index contributed by atoms with van der Waals surface area (Å²) in [6.07, 6.45) is 8.76. The summed E-state index contributed by atoms with van der Waals surface area (Å²) in [5, 5.41) is 7.70. The monoisotopic (exact) mass is 205 g/mol. The van der Waals surface area contributed by atoms with E-state index in [0.717, 1.165) is 13.0 Å². The summed E-state index contributed by atoms with van der Waals surface area (Å²) in [5.74, 6) is 0. The SMILES string of the molecule is NCC1(Cc2n[nH]c3c2CCCC3)CC1. The molecule has 1 aromatic heterocycles. The van der Waals surface area contributed by atoms with Gasteiger partial charge in [0.25, 0.3) is 0 Å². The van der Waals surface area contributed by atoms with Gasteiger partial charge < -0.3 is 5.73 Å². The summed E-state index contributed by atoms with van der Waals surface area (Å²) in [6.45, 7) is 0.828. The highest BCUT2D eigenvalue weighted by atomic mass is 15.1. The summed E-state index contributed by atoms with van der Waals surface area (Å²) in [5.41, 5.74) is 10.5. The van der Waals surface area contributed by atoms with Gasteiger partial charge in [0.15, 0.2) is 0 Å². The van der Waals surface area contributed by atoms with E-state index in [1.165, 1.54) is 55.5 Å². The van der Waals surface area contributed by atoms with Crippen molar-refractivity contribution in [3.63, 3.8) is 0 Å². The van der Waals surface area contributed by atoms with Crippen LogP contribution in [0.4, 0.5) is 0 Å². The van der Waals surface area contributed by atoms with E-state index in [0.29, 0.717) is 5.41 Å². The number of aromatic amines is 1. The van der Waals surface area contributed by atoms with Gasteiger partial charge in [-0.15, -0.1) is 0 Å². The Bertz CT molecular complexity index is 363. The molecule has 3 rings (SSSR count). The minimum Gasteiger partial charge on any atom is -0.330 e. The average Bonchev–Trinajstić information content (AvgIpc) is 2.95. The fourth-order valence-corrected chi connectivity index (χ4v) is 2.68. The molecule has 2 aliphatic carbocycles. The molecule has 1 saturated carbocycles. The second kappa shape index (κ2) is 3.34. The molecule has 1 aromatic rings. The standard InChI is InChI=1S/C12H19N3/c13-8-12(5-6-12)7-11-9-3-1-2-4-10(9)14-15-11/h1-8,13H2,(H,14,15). The van der Waals surface area contributed by atoms with E-state index in [2.05, 4.69) is 10.2 Å². The zero-order chi connectivity index (χ0) is 10.3. The van der Waals surface area contributed by atoms with Crippen molar-refractivity contribution in [3.05, 3.63) is 17.0 Å². The van der Waals surface area contributed by atoms with Crippen LogP contribution >= 0.6 is 0 Å². The third kappa shape index (κ3) is 1.59. The third-order valence-electron chi connectivity index (χ3n) is 4.07. The third-order valence-corrected chi connectivity index (χ3v) is 4.07. The Morgan fingerprint density at radius 2 is 2.07 bits per heavy atom. The van der Waals surface area contributed by atoms with Crippen LogP contribution in [0.2, 0.25) is 0 Å². The number of hydrogen-bond donors (Lipinski definition) is 2. The number of nitrogens with zero attached hydrogens (tertiary/aromatic N) is 1. The summed E-state index contributed by atoms with van der Waals surface area (Å²) in [7, 11) is 0. The molecule has 3 heteroatoms. The van der Waals surface area contributed by atoms with Crippen molar-refractivity contribution in [3.8, 4) is 0 Å². The number of hydrogen-bond acceptors (Lipinski definition) is 2. The maximum atomic E-state index is 5.82. The van der Waals surface area contributed by atoms with Crippen LogP contribution in [0.3, 0.4) is 0 Å². The fraction of sp³-hybridized carbons (Fsp3) is 0.750. The van der Waals surface area contributed by atoms with Crippen molar-refractivity contribution in [1.29, 1.82) is 0 Å². The molecule has 0 aliphatic heterocycles. The van der Waals surface area contributed by atoms with Gasteiger partial charge in [-0.25, -0.2) is 0 Å². The van der Waals surface area contributed by atoms with Crippen LogP contribution < -0.4 is 5.73 Å². The van der Waals surface area contributed by atoms with Crippen LogP contribution in [0.5, 0.6) is 0 Å². The van der Waals surface area contributed by atoms with E-state index in [1.54, 1.807) is 0 Å². The van der Waals surface area contributed by atoms with Crippen molar-refractivity contribution >= 4 is 0 Å². The van der Waals surface area contributed by atoms with Crippen molar-refractivity contribution < 1.29 is 0 Å². The van der Waals surface area contributed by atoms with Gasteiger partial charge in [0.05, 0.1) is 5.69 Å². The van der Waals surface area contributed by atoms with Gasteiger partial charge in [-0.3, -0.25) is 5.10 Å². The molecule has 0 saturated heterocycles. The first-order valence-corrected chi connectivity index (χ1v) is 6.08. The molecule has 3 N–H and O–H groups in total. The van der Waals surface area contributed by atoms with Crippen LogP contribution in [0, 0.1) is 5.41 Å². The zero-order valence-corrected chi connectivity index (χ0v) is 9.18. The molecule has 0 amide bonds. The molecule has 3 nitrogen and oxygen atoms in total. The van der Waals surface area contributed by atoms with E-state index in [-0.39, 0.29) is 0 Å². The normalized spacial score (nSPS) is 22.5. The highest BCUT2D eigenvalue weighted by Gasteiger charge is 2.42. The van der Waals surface area contributed by atoms with Gasteiger partial charge in [-0.2, -0.15) is 5.10 Å². The van der Waals surface area contributed by atoms with Crippen molar-refractivity contribution in [2.45, 2.75) is 44.9 Å². The van der Waals surface area contributed by atoms with Crippen LogP contribution in [0.15, 0.2) is 0 Å². The number of nitrogens with two attached hydrogens (primary N) is 1. The first kappa shape index (κ1) is 9.40. The molecular formula is C12H19N3. The van der Waals surface area contributed by atoms with E-state index in [9.17, 15) is 0 Å². The molecule has 0 unspecified atom stereocenters. The van der Waals surface area contributed by atoms with E-state index in [1.807, 2.05) is 0 Å². The summed E-state index contributed by atoms with van der Waals surface area (Å²) >= 11 is 0. The van der Waals surface area contributed by atoms with Crippen LogP contribution in [-0.4, -0.2) is 16.7 Å². The number of aromatic nitrogens is 2. The highest BCUT2D eigenvalue weighted by Crippen LogP contribution is 2.47. The largest absolute Gasteiger partial charge is 0.330 e. The molecular weight excluding hydrogens is 186 g/mol. The van der Waals surface area contributed by atoms with Crippen LogP contribution in [-0.2, 0) is 19.3 Å². The molecule has 1 fully saturated rings. The van der Waals surface area contributed by atoms with E-state index in [4.69, 9.17) is 5.73 Å². The molecule has 0 spiro atoms. The maximum Gasteiger partial charge on any atom is 0.0662 e. The first-order chi connectivity index (χ1) is 7.33. The predicted octanol–water partition coefficient (Wildman–Crippen LogP) is 1.57. The van der Waals surface area contributed by atoms with E-state index < -0.39 is 0 Å². The minimum absolute atomic E-state index is 0.417. The van der Waals surface area contributed by atoms with Gasteiger partial charge in [0.1, 0.15) is 0 Å². The van der Waals surface area contributed by atoms with Gasteiger partial charge in [0, 0.05) is 5.69 Å². The Balaban J connectivity index is 1.83. The van der Waals surface area contributed by atoms with Crippen molar-refractivity contribution in [2.24, 2.45) is 11.1 Å². The van der Waals surface area contributed by atoms with Crippen LogP contribution in [0.25, 0.3) is 0 Å². The number of H-pyrrole nitrogens is 1. The lowest BCUT2D eigenvalue weighted by Gasteiger charge is -2.14. The van der Waals surface area contributed by atoms with Crippen molar-refractivity contribution in [1.82, 2.24) is 10.2 Å². The maximum absolute atomic E-state index is 5.82. The number of rotatable bonds is 3. The lowest BCUT2D eigenvalue weighted by atomic mass is 9.91. The lowest BCUT2D eigenvalue weighted by Crippen LogP contribution is -2.19. The first-order valence-electron chi connectivity index (χ1n) is 6.08. The number of nitrogens with one attached hydrogen (secondary N) is 1. The molecule has 0 radical (unpaired) electrons. The quantitative estimate of drug-likeness (QED) is 0.787. The molecule has 0 aromatic carbocycles. The molecule has 1 heterocycles. The summed E-state index contributed by atoms with van der Waals surface area (Å²) in [6, 6.07) is 0. The summed E-state index contributed by atoms with van der Waals surface area (Å²) in [4.78, 5) is 0. The second-order valence-electron chi connectivity index (χ2n) is 5.22. The Hall–Kier alpha value is -0.830. The van der Waals surface area contributed by atoms with Gasteiger partial charge in [-0.05, 0) is 62.5 Å². The average molecular weight is 205 g/mol. The fourth-order valence-electron chi connectivity index (χ4n) is 2.68. The Labute approximate surface area is 90.4 Å². The Morgan fingerprint density at radius 3 is 2.80 bits per heavy atom. The number of fused-ring (bicyclic) bond motifs is 1. The van der Waals surface area contributed by atoms with Gasteiger partial charge in [0.2, 0.25) is 0 Å². The second-order valence-corrected chi connectivity index (χ2v) is 5.22. The smallest absolute Gasteiger partial charge is 0.0662 e. The lowest BCUT2D eigenvalue weighted by molar-refractivity contribution is 0.510. The Morgan fingerprint density at radius 1 is 1.27 bits per heavy atom. The van der Waals surface area contributed by atoms with Crippen molar-refractivity contribution in [2.75, 3.05) is 6.54 Å².